The van der Waals surface area contributed by atoms with E-state index in [9.17, 15) is 0 Å². The molecule has 2 heteroatoms. The summed E-state index contributed by atoms with van der Waals surface area (Å²) in [7, 11) is 0. The first-order valence-electron chi connectivity index (χ1n) is 7.97. The Balaban J connectivity index is 2.02. The molecule has 2 rings (SSSR count). The minimum Gasteiger partial charge on any atom is -0.326 e. The van der Waals surface area contributed by atoms with Crippen LogP contribution in [-0.2, 0) is 5.41 Å². The van der Waals surface area contributed by atoms with E-state index in [4.69, 9.17) is 5.73 Å². The van der Waals surface area contributed by atoms with Crippen LogP contribution >= 0.6 is 0 Å². The molecule has 1 heterocycles. The van der Waals surface area contributed by atoms with E-state index in [-0.39, 0.29) is 0 Å². The molecule has 1 fully saturated rings. The zero-order valence-corrected chi connectivity index (χ0v) is 13.5. The second-order valence-electron chi connectivity index (χ2n) is 7.10. The molecule has 1 aliphatic heterocycles. The van der Waals surface area contributed by atoms with Crippen LogP contribution in [0, 0.1) is 11.8 Å². The van der Waals surface area contributed by atoms with Gasteiger partial charge in [0.25, 0.3) is 0 Å². The predicted octanol–water partition coefficient (Wildman–Crippen LogP) is 3.27. The Kier molecular flexibility index (Phi) is 4.87. The second-order valence-corrected chi connectivity index (χ2v) is 7.10. The van der Waals surface area contributed by atoms with Gasteiger partial charge in [-0.2, -0.15) is 0 Å². The Morgan fingerprint density at radius 2 is 1.95 bits per heavy atom. The lowest BCUT2D eigenvalue weighted by Gasteiger charge is -2.46. The summed E-state index contributed by atoms with van der Waals surface area (Å²) in [5.74, 6) is 1.23. The molecule has 1 aliphatic rings. The molecular formula is C18H30N2. The summed E-state index contributed by atoms with van der Waals surface area (Å²) in [6, 6.07) is 11.3. The van der Waals surface area contributed by atoms with Crippen LogP contribution in [0.1, 0.15) is 39.7 Å². The molecule has 1 aromatic carbocycles. The third-order valence-corrected chi connectivity index (χ3v) is 5.33. The smallest absolute Gasteiger partial charge is 0.0191 e. The van der Waals surface area contributed by atoms with Gasteiger partial charge >= 0.3 is 0 Å². The van der Waals surface area contributed by atoms with Crippen molar-refractivity contribution in [3.05, 3.63) is 35.9 Å². The standard InChI is InChI=1S/C18H30N2/c1-14(2)17(19)13-20-11-10-18(4,15(3)12-20)16-8-6-5-7-9-16/h5-9,14-15,17H,10-13,19H2,1-4H3/t15-,17+,18+/m0/s1. The normalized spacial score (nSPS) is 29.6. The number of nitrogens with zero attached hydrogens (tertiary/aromatic N) is 1. The third-order valence-electron chi connectivity index (χ3n) is 5.33. The van der Waals surface area contributed by atoms with Gasteiger partial charge in [-0.15, -0.1) is 0 Å². The molecule has 1 aromatic rings. The topological polar surface area (TPSA) is 29.3 Å². The number of benzene rings is 1. The molecule has 2 N–H and O–H groups in total. The Labute approximate surface area is 124 Å². The van der Waals surface area contributed by atoms with Gasteiger partial charge in [0.1, 0.15) is 0 Å². The highest BCUT2D eigenvalue weighted by Gasteiger charge is 2.38. The summed E-state index contributed by atoms with van der Waals surface area (Å²) in [4.78, 5) is 2.56. The molecule has 112 valence electrons. The van der Waals surface area contributed by atoms with E-state index in [1.54, 1.807) is 0 Å². The van der Waals surface area contributed by atoms with Crippen molar-refractivity contribution in [2.24, 2.45) is 17.6 Å². The monoisotopic (exact) mass is 274 g/mol. The lowest BCUT2D eigenvalue weighted by atomic mass is 9.68. The molecule has 0 unspecified atom stereocenters. The first-order chi connectivity index (χ1) is 9.43. The average Bonchev–Trinajstić information content (AvgIpc) is 2.44. The lowest BCUT2D eigenvalue weighted by molar-refractivity contribution is 0.101. The fourth-order valence-corrected chi connectivity index (χ4v) is 3.24. The summed E-state index contributed by atoms with van der Waals surface area (Å²) in [5, 5.41) is 0. The van der Waals surface area contributed by atoms with Gasteiger partial charge in [0.2, 0.25) is 0 Å². The van der Waals surface area contributed by atoms with Crippen LogP contribution < -0.4 is 5.73 Å². The molecule has 20 heavy (non-hydrogen) atoms. The van der Waals surface area contributed by atoms with E-state index in [1.807, 2.05) is 0 Å². The number of hydrogen-bond donors (Lipinski definition) is 1. The van der Waals surface area contributed by atoms with E-state index in [2.05, 4.69) is 62.9 Å². The molecule has 0 radical (unpaired) electrons. The van der Waals surface area contributed by atoms with E-state index in [0.29, 0.717) is 23.3 Å². The van der Waals surface area contributed by atoms with E-state index >= 15 is 0 Å². The largest absolute Gasteiger partial charge is 0.326 e. The minimum absolute atomic E-state index is 0.295. The van der Waals surface area contributed by atoms with Gasteiger partial charge in [0.05, 0.1) is 0 Å². The SMILES string of the molecule is CC(C)[C@H](N)CN1CC[C@@](C)(c2ccccc2)[C@@H](C)C1. The van der Waals surface area contributed by atoms with Crippen LogP contribution in [0.15, 0.2) is 30.3 Å². The van der Waals surface area contributed by atoms with Gasteiger partial charge in [-0.3, -0.25) is 0 Å². The molecule has 0 aromatic heterocycles. The van der Waals surface area contributed by atoms with Crippen LogP contribution in [0.2, 0.25) is 0 Å². The van der Waals surface area contributed by atoms with Crippen LogP contribution in [-0.4, -0.2) is 30.6 Å². The zero-order valence-electron chi connectivity index (χ0n) is 13.5. The maximum absolute atomic E-state index is 6.23. The Bertz CT molecular complexity index is 415. The summed E-state index contributed by atoms with van der Waals surface area (Å²) < 4.78 is 0. The van der Waals surface area contributed by atoms with Gasteiger partial charge in [-0.25, -0.2) is 0 Å². The number of rotatable bonds is 4. The summed E-state index contributed by atoms with van der Waals surface area (Å²) in [5.41, 5.74) is 8.02. The molecule has 0 amide bonds. The minimum atomic E-state index is 0.295. The first-order valence-corrected chi connectivity index (χ1v) is 7.97. The predicted molar refractivity (Wildman–Crippen MR) is 86.8 cm³/mol. The molecule has 0 saturated carbocycles. The fourth-order valence-electron chi connectivity index (χ4n) is 3.24. The Morgan fingerprint density at radius 3 is 2.50 bits per heavy atom. The number of hydrogen-bond acceptors (Lipinski definition) is 2. The van der Waals surface area contributed by atoms with Gasteiger partial charge in [0, 0.05) is 19.1 Å². The molecule has 3 atom stereocenters. The highest BCUT2D eigenvalue weighted by atomic mass is 15.1. The zero-order chi connectivity index (χ0) is 14.8. The fraction of sp³-hybridized carbons (Fsp3) is 0.667. The molecule has 0 aliphatic carbocycles. The van der Waals surface area contributed by atoms with Gasteiger partial charge in [-0.1, -0.05) is 58.0 Å². The summed E-state index contributed by atoms with van der Waals surface area (Å²) in [6.45, 7) is 12.6. The van der Waals surface area contributed by atoms with Crippen LogP contribution in [0.5, 0.6) is 0 Å². The van der Waals surface area contributed by atoms with Crippen molar-refractivity contribution in [3.63, 3.8) is 0 Å². The third kappa shape index (κ3) is 3.24. The maximum atomic E-state index is 6.23. The molecule has 0 bridgehead atoms. The lowest BCUT2D eigenvalue weighted by Crippen LogP contribution is -2.51. The van der Waals surface area contributed by atoms with Gasteiger partial charge < -0.3 is 10.6 Å². The molecule has 2 nitrogen and oxygen atoms in total. The number of nitrogens with two attached hydrogens (primary N) is 1. The summed E-state index contributed by atoms with van der Waals surface area (Å²) in [6.07, 6.45) is 1.23. The van der Waals surface area contributed by atoms with Gasteiger partial charge in [-0.05, 0) is 35.8 Å². The number of likely N-dealkylation sites (tertiary alicyclic amines) is 1. The molecular weight excluding hydrogens is 244 g/mol. The van der Waals surface area contributed by atoms with Crippen molar-refractivity contribution >= 4 is 0 Å². The van der Waals surface area contributed by atoms with Crippen LogP contribution in [0.25, 0.3) is 0 Å². The highest BCUT2D eigenvalue weighted by Crippen LogP contribution is 2.39. The van der Waals surface area contributed by atoms with Gasteiger partial charge in [0.15, 0.2) is 0 Å². The van der Waals surface area contributed by atoms with E-state index in [0.717, 1.165) is 19.6 Å². The van der Waals surface area contributed by atoms with Crippen molar-refractivity contribution in [2.75, 3.05) is 19.6 Å². The highest BCUT2D eigenvalue weighted by molar-refractivity contribution is 5.26. The molecule has 0 spiro atoms. The maximum Gasteiger partial charge on any atom is 0.0191 e. The van der Waals surface area contributed by atoms with Crippen molar-refractivity contribution < 1.29 is 0 Å². The van der Waals surface area contributed by atoms with E-state index in [1.165, 1.54) is 12.0 Å². The van der Waals surface area contributed by atoms with Crippen molar-refractivity contribution in [1.82, 2.24) is 4.90 Å². The Hall–Kier alpha value is -0.860. The van der Waals surface area contributed by atoms with Crippen molar-refractivity contribution in [3.8, 4) is 0 Å². The van der Waals surface area contributed by atoms with Crippen molar-refractivity contribution in [1.29, 1.82) is 0 Å². The first kappa shape index (κ1) is 15.5. The number of piperidine rings is 1. The van der Waals surface area contributed by atoms with Crippen LogP contribution in [0.3, 0.4) is 0 Å². The Morgan fingerprint density at radius 1 is 1.30 bits per heavy atom. The van der Waals surface area contributed by atoms with Crippen LogP contribution in [0.4, 0.5) is 0 Å². The average molecular weight is 274 g/mol. The molecule has 1 saturated heterocycles. The second kappa shape index (κ2) is 6.28. The van der Waals surface area contributed by atoms with Crippen molar-refractivity contribution in [2.45, 2.75) is 45.6 Å². The quantitative estimate of drug-likeness (QED) is 0.913. The van der Waals surface area contributed by atoms with E-state index < -0.39 is 0 Å². The summed E-state index contributed by atoms with van der Waals surface area (Å²) >= 11 is 0.